The predicted octanol–water partition coefficient (Wildman–Crippen LogP) is 1.74. The number of hydrogen-bond donors (Lipinski definition) is 1. The van der Waals surface area contributed by atoms with Gasteiger partial charge in [0.05, 0.1) is 0 Å². The lowest BCUT2D eigenvalue weighted by Crippen LogP contribution is -2.54. The molecule has 5 heteroatoms. The van der Waals surface area contributed by atoms with E-state index in [-0.39, 0.29) is 6.03 Å². The van der Waals surface area contributed by atoms with Gasteiger partial charge in [0.2, 0.25) is 0 Å². The fourth-order valence-electron chi connectivity index (χ4n) is 3.68. The Morgan fingerprint density at radius 2 is 2.00 bits per heavy atom. The average Bonchev–Trinajstić information content (AvgIpc) is 3.00. The van der Waals surface area contributed by atoms with Gasteiger partial charge in [-0.1, -0.05) is 24.3 Å². The van der Waals surface area contributed by atoms with Crippen LogP contribution in [0.3, 0.4) is 0 Å². The Morgan fingerprint density at radius 3 is 2.78 bits per heavy atom. The van der Waals surface area contributed by atoms with Gasteiger partial charge in [-0.25, -0.2) is 4.79 Å². The smallest absolute Gasteiger partial charge is 0.317 e. The molecule has 2 heterocycles. The van der Waals surface area contributed by atoms with Crippen LogP contribution in [0, 0.1) is 0 Å². The molecule has 1 N–H and O–H groups in total. The van der Waals surface area contributed by atoms with Gasteiger partial charge in [-0.15, -0.1) is 0 Å². The largest absolute Gasteiger partial charge is 0.334 e. The summed E-state index contributed by atoms with van der Waals surface area (Å²) >= 11 is 0. The van der Waals surface area contributed by atoms with Crippen LogP contribution in [0.4, 0.5) is 4.79 Å². The summed E-state index contributed by atoms with van der Waals surface area (Å²) in [5.74, 6) is 0. The van der Waals surface area contributed by atoms with Crippen molar-refractivity contribution >= 4 is 6.03 Å². The minimum Gasteiger partial charge on any atom is -0.334 e. The Labute approximate surface area is 139 Å². The summed E-state index contributed by atoms with van der Waals surface area (Å²) in [6.45, 7) is 5.46. The third kappa shape index (κ3) is 4.03. The topological polar surface area (TPSA) is 38.8 Å². The lowest BCUT2D eigenvalue weighted by Gasteiger charge is -2.37. The Kier molecular flexibility index (Phi) is 5.18. The van der Waals surface area contributed by atoms with E-state index in [0.717, 1.165) is 26.2 Å². The van der Waals surface area contributed by atoms with E-state index in [4.69, 9.17) is 0 Å². The predicted molar refractivity (Wildman–Crippen MR) is 92.2 cm³/mol. The number of hydrogen-bond acceptors (Lipinski definition) is 3. The maximum Gasteiger partial charge on any atom is 0.317 e. The normalized spacial score (nSPS) is 21.5. The lowest BCUT2D eigenvalue weighted by molar-refractivity contribution is 0.117. The van der Waals surface area contributed by atoms with Crippen molar-refractivity contribution in [2.45, 2.75) is 32.0 Å². The van der Waals surface area contributed by atoms with Gasteiger partial charge in [0.25, 0.3) is 0 Å². The summed E-state index contributed by atoms with van der Waals surface area (Å²) < 4.78 is 0. The SMILES string of the molecule is CN(C)Cc1ccccc1CNC(=O)N1CCN2CCC[C@H]2C1. The van der Waals surface area contributed by atoms with Crippen LogP contribution in [0.25, 0.3) is 0 Å². The molecule has 0 unspecified atom stereocenters. The molecule has 126 valence electrons. The van der Waals surface area contributed by atoms with E-state index in [1.165, 1.54) is 30.5 Å². The fraction of sp³-hybridized carbons (Fsp3) is 0.611. The van der Waals surface area contributed by atoms with Gasteiger partial charge in [0.15, 0.2) is 0 Å². The summed E-state index contributed by atoms with van der Waals surface area (Å²) in [4.78, 5) is 19.1. The number of carbonyl (C=O) groups is 1. The van der Waals surface area contributed by atoms with Crippen LogP contribution in [0.5, 0.6) is 0 Å². The summed E-state index contributed by atoms with van der Waals surface area (Å²) in [5.41, 5.74) is 2.48. The summed E-state index contributed by atoms with van der Waals surface area (Å²) in [6.07, 6.45) is 2.51. The third-order valence-corrected chi connectivity index (χ3v) is 4.91. The molecule has 0 saturated carbocycles. The highest BCUT2D eigenvalue weighted by Crippen LogP contribution is 2.21. The van der Waals surface area contributed by atoms with E-state index in [1.54, 1.807) is 0 Å². The lowest BCUT2D eigenvalue weighted by atomic mass is 10.1. The number of benzene rings is 1. The van der Waals surface area contributed by atoms with E-state index < -0.39 is 0 Å². The van der Waals surface area contributed by atoms with Crippen LogP contribution in [0.1, 0.15) is 24.0 Å². The summed E-state index contributed by atoms with van der Waals surface area (Å²) in [6, 6.07) is 9.00. The van der Waals surface area contributed by atoms with Gasteiger partial charge >= 0.3 is 6.03 Å². The molecule has 0 aliphatic carbocycles. The van der Waals surface area contributed by atoms with Crippen molar-refractivity contribution in [3.8, 4) is 0 Å². The standard InChI is InChI=1S/C18H28N4O/c1-20(2)13-16-7-4-3-6-15(16)12-19-18(23)22-11-10-21-9-5-8-17(21)14-22/h3-4,6-7,17H,5,8-14H2,1-2H3,(H,19,23)/t17-/m0/s1. The first kappa shape index (κ1) is 16.3. The molecule has 0 aromatic heterocycles. The first-order valence-electron chi connectivity index (χ1n) is 8.62. The number of piperazine rings is 1. The van der Waals surface area contributed by atoms with Crippen molar-refractivity contribution in [3.05, 3.63) is 35.4 Å². The molecule has 2 aliphatic rings. The van der Waals surface area contributed by atoms with Crippen LogP contribution >= 0.6 is 0 Å². The number of nitrogens with one attached hydrogen (secondary N) is 1. The number of fused-ring (bicyclic) bond motifs is 1. The van der Waals surface area contributed by atoms with Crippen LogP contribution in [0.2, 0.25) is 0 Å². The molecular formula is C18H28N4O. The highest BCUT2D eigenvalue weighted by Gasteiger charge is 2.32. The second-order valence-corrected chi connectivity index (χ2v) is 6.94. The number of carbonyl (C=O) groups excluding carboxylic acids is 1. The molecule has 1 aromatic rings. The molecule has 2 aliphatic heterocycles. The molecule has 1 aromatic carbocycles. The van der Waals surface area contributed by atoms with Gasteiger partial charge in [-0.2, -0.15) is 0 Å². The maximum absolute atomic E-state index is 12.5. The Bertz CT molecular complexity index is 546. The van der Waals surface area contributed by atoms with Crippen molar-refractivity contribution in [2.24, 2.45) is 0 Å². The van der Waals surface area contributed by atoms with E-state index in [0.29, 0.717) is 12.6 Å². The van der Waals surface area contributed by atoms with Gasteiger partial charge in [-0.3, -0.25) is 4.90 Å². The minimum atomic E-state index is 0.0798. The number of amides is 2. The van der Waals surface area contributed by atoms with Gasteiger partial charge in [-0.05, 0) is 44.6 Å². The molecular weight excluding hydrogens is 288 g/mol. The first-order valence-corrected chi connectivity index (χ1v) is 8.62. The van der Waals surface area contributed by atoms with Crippen LogP contribution in [0.15, 0.2) is 24.3 Å². The molecule has 2 fully saturated rings. The van der Waals surface area contributed by atoms with E-state index in [9.17, 15) is 4.79 Å². The van der Waals surface area contributed by atoms with Crippen LogP contribution in [-0.4, -0.2) is 67.0 Å². The zero-order valence-corrected chi connectivity index (χ0v) is 14.3. The number of rotatable bonds is 4. The van der Waals surface area contributed by atoms with Crippen molar-refractivity contribution in [1.82, 2.24) is 20.0 Å². The van der Waals surface area contributed by atoms with Crippen molar-refractivity contribution in [1.29, 1.82) is 0 Å². The van der Waals surface area contributed by atoms with Gasteiger partial charge < -0.3 is 15.1 Å². The first-order chi connectivity index (χ1) is 11.1. The van der Waals surface area contributed by atoms with Crippen LogP contribution in [-0.2, 0) is 13.1 Å². The Morgan fingerprint density at radius 1 is 1.22 bits per heavy atom. The molecule has 0 bridgehead atoms. The van der Waals surface area contributed by atoms with E-state index in [1.807, 2.05) is 11.0 Å². The average molecular weight is 316 g/mol. The molecule has 0 spiro atoms. The molecule has 0 radical (unpaired) electrons. The molecule has 2 saturated heterocycles. The van der Waals surface area contributed by atoms with E-state index in [2.05, 4.69) is 47.4 Å². The minimum absolute atomic E-state index is 0.0798. The van der Waals surface area contributed by atoms with Crippen molar-refractivity contribution < 1.29 is 4.79 Å². The number of nitrogens with zero attached hydrogens (tertiary/aromatic N) is 3. The third-order valence-electron chi connectivity index (χ3n) is 4.91. The Hall–Kier alpha value is -1.59. The molecule has 3 rings (SSSR count). The monoisotopic (exact) mass is 316 g/mol. The summed E-state index contributed by atoms with van der Waals surface area (Å²) in [7, 11) is 4.13. The van der Waals surface area contributed by atoms with Gasteiger partial charge in [0, 0.05) is 38.8 Å². The van der Waals surface area contributed by atoms with Crippen molar-refractivity contribution in [2.75, 3.05) is 40.3 Å². The second-order valence-electron chi connectivity index (χ2n) is 6.94. The van der Waals surface area contributed by atoms with Gasteiger partial charge in [0.1, 0.15) is 0 Å². The molecule has 2 amide bonds. The Balaban J connectivity index is 1.55. The molecule has 5 nitrogen and oxygen atoms in total. The van der Waals surface area contributed by atoms with Crippen molar-refractivity contribution in [3.63, 3.8) is 0 Å². The highest BCUT2D eigenvalue weighted by atomic mass is 16.2. The zero-order chi connectivity index (χ0) is 16.2. The summed E-state index contributed by atoms with van der Waals surface area (Å²) in [5, 5.41) is 3.11. The zero-order valence-electron chi connectivity index (χ0n) is 14.3. The van der Waals surface area contributed by atoms with E-state index >= 15 is 0 Å². The second kappa shape index (κ2) is 7.32. The number of urea groups is 1. The maximum atomic E-state index is 12.5. The molecule has 23 heavy (non-hydrogen) atoms. The van der Waals surface area contributed by atoms with Crippen LogP contribution < -0.4 is 5.32 Å². The highest BCUT2D eigenvalue weighted by molar-refractivity contribution is 5.74. The molecule has 1 atom stereocenters. The quantitative estimate of drug-likeness (QED) is 0.919. The fourth-order valence-corrected chi connectivity index (χ4v) is 3.68.